The molecule has 2 aromatic carbocycles. The molecule has 0 radical (unpaired) electrons. The number of hydrogen-bond acceptors (Lipinski definition) is 2. The van der Waals surface area contributed by atoms with E-state index in [4.69, 9.17) is 10.5 Å². The number of nitrogens with two attached hydrogens (primary N) is 1. The average Bonchev–Trinajstić information content (AvgIpc) is 2.32. The number of benzene rings is 2. The molecule has 3 heteroatoms. The van der Waals surface area contributed by atoms with Gasteiger partial charge in [-0.3, -0.25) is 0 Å². The number of halogens is 1. The lowest BCUT2D eigenvalue weighted by Gasteiger charge is -2.12. The highest BCUT2D eigenvalue weighted by molar-refractivity contribution is 5.81. The Hall–Kier alpha value is -2.03. The molecule has 0 spiro atoms. The largest absolute Gasteiger partial charge is 0.496 e. The van der Waals surface area contributed by atoms with Crippen LogP contribution in [0, 0.1) is 12.7 Å². The van der Waals surface area contributed by atoms with Crippen LogP contribution in [0.5, 0.6) is 5.75 Å². The highest BCUT2D eigenvalue weighted by Crippen LogP contribution is 2.36. The van der Waals surface area contributed by atoms with E-state index in [0.717, 1.165) is 5.56 Å². The standard InChI is InChI=1S/C14H14FNO/c1-9-6-7-12(16)10(8-9)14-11(15)4-3-5-13(14)17-2/h3-8H,16H2,1-2H3. The maximum atomic E-state index is 13.9. The predicted molar refractivity (Wildman–Crippen MR) is 67.5 cm³/mol. The zero-order chi connectivity index (χ0) is 12.4. The lowest BCUT2D eigenvalue weighted by atomic mass is 10.00. The Morgan fingerprint density at radius 2 is 1.94 bits per heavy atom. The molecule has 2 aromatic rings. The smallest absolute Gasteiger partial charge is 0.134 e. The van der Waals surface area contributed by atoms with Crippen LogP contribution in [-0.4, -0.2) is 7.11 Å². The van der Waals surface area contributed by atoms with Gasteiger partial charge in [-0.2, -0.15) is 0 Å². The van der Waals surface area contributed by atoms with Crippen LogP contribution in [0.1, 0.15) is 5.56 Å². The molecule has 0 aliphatic rings. The predicted octanol–water partition coefficient (Wildman–Crippen LogP) is 3.39. The first kappa shape index (κ1) is 11.5. The summed E-state index contributed by atoms with van der Waals surface area (Å²) in [4.78, 5) is 0. The summed E-state index contributed by atoms with van der Waals surface area (Å²) in [7, 11) is 1.52. The van der Waals surface area contributed by atoms with Gasteiger partial charge in [0.25, 0.3) is 0 Å². The first-order valence-electron chi connectivity index (χ1n) is 5.32. The molecule has 0 saturated heterocycles. The van der Waals surface area contributed by atoms with Gasteiger partial charge in [-0.15, -0.1) is 0 Å². The Kier molecular flexibility index (Phi) is 3.00. The highest BCUT2D eigenvalue weighted by Gasteiger charge is 2.13. The lowest BCUT2D eigenvalue weighted by Crippen LogP contribution is -1.96. The quantitative estimate of drug-likeness (QED) is 0.804. The number of methoxy groups -OCH3 is 1. The number of anilines is 1. The monoisotopic (exact) mass is 231 g/mol. The molecule has 2 nitrogen and oxygen atoms in total. The maximum absolute atomic E-state index is 13.9. The summed E-state index contributed by atoms with van der Waals surface area (Å²) >= 11 is 0. The maximum Gasteiger partial charge on any atom is 0.134 e. The molecule has 0 atom stereocenters. The lowest BCUT2D eigenvalue weighted by molar-refractivity contribution is 0.413. The molecule has 0 aliphatic heterocycles. The van der Waals surface area contributed by atoms with E-state index < -0.39 is 0 Å². The van der Waals surface area contributed by atoms with Crippen molar-refractivity contribution in [1.29, 1.82) is 0 Å². The van der Waals surface area contributed by atoms with Crippen LogP contribution < -0.4 is 10.5 Å². The number of hydrogen-bond donors (Lipinski definition) is 1. The zero-order valence-corrected chi connectivity index (χ0v) is 9.83. The van der Waals surface area contributed by atoms with Gasteiger partial charge in [0, 0.05) is 11.3 Å². The van der Waals surface area contributed by atoms with E-state index in [0.29, 0.717) is 22.6 Å². The van der Waals surface area contributed by atoms with E-state index in [-0.39, 0.29) is 5.82 Å². The van der Waals surface area contributed by atoms with Crippen LogP contribution >= 0.6 is 0 Å². The Bertz CT molecular complexity index is 552. The normalized spacial score (nSPS) is 10.3. The van der Waals surface area contributed by atoms with Crippen LogP contribution in [0.2, 0.25) is 0 Å². The second kappa shape index (κ2) is 4.45. The van der Waals surface area contributed by atoms with Crippen molar-refractivity contribution < 1.29 is 9.13 Å². The minimum absolute atomic E-state index is 0.332. The van der Waals surface area contributed by atoms with Crippen LogP contribution in [-0.2, 0) is 0 Å². The molecule has 0 fully saturated rings. The molecule has 0 aliphatic carbocycles. The van der Waals surface area contributed by atoms with Gasteiger partial charge in [-0.05, 0) is 31.2 Å². The van der Waals surface area contributed by atoms with Crippen LogP contribution in [0.25, 0.3) is 11.1 Å². The van der Waals surface area contributed by atoms with Gasteiger partial charge in [0.15, 0.2) is 0 Å². The van der Waals surface area contributed by atoms with E-state index in [1.54, 1.807) is 18.2 Å². The molecule has 0 saturated carbocycles. The highest BCUT2D eigenvalue weighted by atomic mass is 19.1. The molecule has 2 rings (SSSR count). The van der Waals surface area contributed by atoms with Gasteiger partial charge in [-0.1, -0.05) is 17.7 Å². The van der Waals surface area contributed by atoms with Crippen LogP contribution in [0.4, 0.5) is 10.1 Å². The summed E-state index contributed by atoms with van der Waals surface area (Å²) in [5, 5.41) is 0. The Morgan fingerprint density at radius 1 is 1.18 bits per heavy atom. The summed E-state index contributed by atoms with van der Waals surface area (Å²) in [5.41, 5.74) is 8.54. The fourth-order valence-corrected chi connectivity index (χ4v) is 1.82. The Balaban J connectivity index is 2.71. The Morgan fingerprint density at radius 3 is 2.65 bits per heavy atom. The number of ether oxygens (including phenoxy) is 1. The molecule has 0 amide bonds. The Labute approximate surface area is 99.8 Å². The van der Waals surface area contributed by atoms with Crippen molar-refractivity contribution in [1.82, 2.24) is 0 Å². The second-order valence-electron chi connectivity index (χ2n) is 3.91. The molecule has 0 heterocycles. The van der Waals surface area contributed by atoms with Crippen molar-refractivity contribution in [3.05, 3.63) is 47.8 Å². The molecular formula is C14H14FNO. The fraction of sp³-hybridized carbons (Fsp3) is 0.143. The molecule has 0 bridgehead atoms. The van der Waals surface area contributed by atoms with Gasteiger partial charge in [-0.25, -0.2) is 4.39 Å². The third kappa shape index (κ3) is 2.09. The minimum Gasteiger partial charge on any atom is -0.496 e. The number of aryl methyl sites for hydroxylation is 1. The van der Waals surface area contributed by atoms with Crippen LogP contribution in [0.3, 0.4) is 0 Å². The first-order valence-corrected chi connectivity index (χ1v) is 5.32. The summed E-state index contributed by atoms with van der Waals surface area (Å²) < 4.78 is 19.1. The van der Waals surface area contributed by atoms with Crippen molar-refractivity contribution in [2.24, 2.45) is 0 Å². The van der Waals surface area contributed by atoms with Gasteiger partial charge >= 0.3 is 0 Å². The van der Waals surface area contributed by atoms with E-state index in [9.17, 15) is 4.39 Å². The van der Waals surface area contributed by atoms with Crippen LogP contribution in [0.15, 0.2) is 36.4 Å². The van der Waals surface area contributed by atoms with Crippen molar-refractivity contribution in [2.45, 2.75) is 6.92 Å². The van der Waals surface area contributed by atoms with Gasteiger partial charge in [0.2, 0.25) is 0 Å². The second-order valence-corrected chi connectivity index (χ2v) is 3.91. The third-order valence-electron chi connectivity index (χ3n) is 2.67. The summed E-state index contributed by atoms with van der Waals surface area (Å²) in [6, 6.07) is 10.3. The first-order chi connectivity index (χ1) is 8.13. The minimum atomic E-state index is -0.332. The summed E-state index contributed by atoms with van der Waals surface area (Å²) in [5.74, 6) is 0.156. The molecular weight excluding hydrogens is 217 g/mol. The summed E-state index contributed by atoms with van der Waals surface area (Å²) in [6.45, 7) is 1.94. The van der Waals surface area contributed by atoms with E-state index in [1.165, 1.54) is 13.2 Å². The van der Waals surface area contributed by atoms with E-state index >= 15 is 0 Å². The molecule has 17 heavy (non-hydrogen) atoms. The van der Waals surface area contributed by atoms with Crippen molar-refractivity contribution in [3.63, 3.8) is 0 Å². The fourth-order valence-electron chi connectivity index (χ4n) is 1.82. The van der Waals surface area contributed by atoms with Crippen molar-refractivity contribution in [2.75, 3.05) is 12.8 Å². The van der Waals surface area contributed by atoms with E-state index in [2.05, 4.69) is 0 Å². The van der Waals surface area contributed by atoms with Crippen molar-refractivity contribution >= 4 is 5.69 Å². The topological polar surface area (TPSA) is 35.2 Å². The van der Waals surface area contributed by atoms with E-state index in [1.807, 2.05) is 19.1 Å². The number of nitrogen functional groups attached to an aromatic ring is 1. The van der Waals surface area contributed by atoms with Crippen molar-refractivity contribution in [3.8, 4) is 16.9 Å². The average molecular weight is 231 g/mol. The molecule has 88 valence electrons. The third-order valence-corrected chi connectivity index (χ3v) is 2.67. The zero-order valence-electron chi connectivity index (χ0n) is 9.83. The molecule has 2 N–H and O–H groups in total. The van der Waals surface area contributed by atoms with Gasteiger partial charge in [0.1, 0.15) is 11.6 Å². The van der Waals surface area contributed by atoms with Gasteiger partial charge < -0.3 is 10.5 Å². The molecule has 0 aromatic heterocycles. The molecule has 0 unspecified atom stereocenters. The summed E-state index contributed by atoms with van der Waals surface area (Å²) in [6.07, 6.45) is 0. The number of rotatable bonds is 2. The SMILES string of the molecule is COc1cccc(F)c1-c1cc(C)ccc1N. The van der Waals surface area contributed by atoms with Gasteiger partial charge in [0.05, 0.1) is 12.7 Å².